The molecule has 114 valence electrons. The summed E-state index contributed by atoms with van der Waals surface area (Å²) in [4.78, 5) is 11.5. The maximum Gasteiger partial charge on any atom is 0.335 e. The number of sulfonamides is 1. The third-order valence-corrected chi connectivity index (χ3v) is 6.37. The first-order valence-electron chi connectivity index (χ1n) is 7.36. The number of carbonyl (C=O) groups is 1. The average Bonchev–Trinajstić information content (AvgIpc) is 3.14. The number of hydrogen-bond donors (Lipinski definition) is 1. The van der Waals surface area contributed by atoms with Crippen LogP contribution in [-0.2, 0) is 22.9 Å². The highest BCUT2D eigenvalue weighted by Gasteiger charge is 2.39. The van der Waals surface area contributed by atoms with Crippen molar-refractivity contribution >= 4 is 16.0 Å². The standard InChI is InChI=1S/C15H19NO4S/c1-2-16(12-6-7-12)21(19,20)14-9-11(15(17)18)8-10-4-3-5-13(10)14/h8-9,12H,2-7H2,1H3,(H,17,18). The summed E-state index contributed by atoms with van der Waals surface area (Å²) in [5.74, 6) is -1.07. The molecule has 0 heterocycles. The lowest BCUT2D eigenvalue weighted by Gasteiger charge is -2.22. The van der Waals surface area contributed by atoms with E-state index in [1.807, 2.05) is 6.92 Å². The molecule has 6 heteroatoms. The monoisotopic (exact) mass is 309 g/mol. The Morgan fingerprint density at radius 1 is 1.33 bits per heavy atom. The third-order valence-electron chi connectivity index (χ3n) is 4.27. The first-order valence-corrected chi connectivity index (χ1v) is 8.80. The van der Waals surface area contributed by atoms with Gasteiger partial charge in [-0.25, -0.2) is 13.2 Å². The smallest absolute Gasteiger partial charge is 0.335 e. The normalized spacial score (nSPS) is 18.0. The maximum absolute atomic E-state index is 12.9. The molecule has 0 aromatic heterocycles. The van der Waals surface area contributed by atoms with E-state index in [0.717, 1.165) is 36.8 Å². The van der Waals surface area contributed by atoms with Crippen LogP contribution in [0.3, 0.4) is 0 Å². The first-order chi connectivity index (χ1) is 9.95. The lowest BCUT2D eigenvalue weighted by Crippen LogP contribution is -2.33. The molecule has 0 bridgehead atoms. The van der Waals surface area contributed by atoms with Gasteiger partial charge in [-0.1, -0.05) is 6.92 Å². The average molecular weight is 309 g/mol. The summed E-state index contributed by atoms with van der Waals surface area (Å²) in [6, 6.07) is 3.05. The van der Waals surface area contributed by atoms with Gasteiger partial charge < -0.3 is 5.11 Å². The minimum absolute atomic E-state index is 0.0704. The number of benzene rings is 1. The predicted molar refractivity (Wildman–Crippen MR) is 78.0 cm³/mol. The van der Waals surface area contributed by atoms with E-state index < -0.39 is 16.0 Å². The van der Waals surface area contributed by atoms with Crippen molar-refractivity contribution in [3.8, 4) is 0 Å². The molecule has 0 radical (unpaired) electrons. The van der Waals surface area contributed by atoms with E-state index in [4.69, 9.17) is 0 Å². The summed E-state index contributed by atoms with van der Waals surface area (Å²) in [6.07, 6.45) is 4.15. The van der Waals surface area contributed by atoms with Crippen LogP contribution in [0.25, 0.3) is 0 Å². The van der Waals surface area contributed by atoms with Crippen LogP contribution in [0.4, 0.5) is 0 Å². The number of carboxylic acid groups (broad SMARTS) is 1. The Morgan fingerprint density at radius 3 is 2.62 bits per heavy atom. The van der Waals surface area contributed by atoms with Crippen molar-refractivity contribution in [2.45, 2.75) is 50.0 Å². The molecule has 0 spiro atoms. The molecule has 0 atom stereocenters. The van der Waals surface area contributed by atoms with E-state index in [2.05, 4.69) is 0 Å². The lowest BCUT2D eigenvalue weighted by atomic mass is 10.1. The van der Waals surface area contributed by atoms with Crippen molar-refractivity contribution in [2.24, 2.45) is 0 Å². The van der Waals surface area contributed by atoms with Crippen LogP contribution in [0, 0.1) is 0 Å². The second-order valence-electron chi connectivity index (χ2n) is 5.71. The SMILES string of the molecule is CCN(C1CC1)S(=O)(=O)c1cc(C(=O)O)cc2c1CCC2. The minimum Gasteiger partial charge on any atom is -0.478 e. The molecular formula is C15H19NO4S. The number of hydrogen-bond acceptors (Lipinski definition) is 3. The van der Waals surface area contributed by atoms with Gasteiger partial charge in [0, 0.05) is 12.6 Å². The first kappa shape index (κ1) is 14.5. The largest absolute Gasteiger partial charge is 0.478 e. The molecule has 3 rings (SSSR count). The zero-order valence-electron chi connectivity index (χ0n) is 12.0. The predicted octanol–water partition coefficient (Wildman–Crippen LogP) is 2.05. The van der Waals surface area contributed by atoms with E-state index in [0.29, 0.717) is 13.0 Å². The van der Waals surface area contributed by atoms with E-state index in [1.165, 1.54) is 10.4 Å². The Kier molecular flexibility index (Phi) is 3.53. The molecule has 2 aliphatic rings. The van der Waals surface area contributed by atoms with Gasteiger partial charge in [-0.05, 0) is 55.4 Å². The van der Waals surface area contributed by atoms with Crippen LogP contribution in [0.15, 0.2) is 17.0 Å². The zero-order chi connectivity index (χ0) is 15.2. The van der Waals surface area contributed by atoms with E-state index in [9.17, 15) is 18.3 Å². The number of aromatic carboxylic acids is 1. The van der Waals surface area contributed by atoms with Gasteiger partial charge in [-0.15, -0.1) is 0 Å². The molecular weight excluding hydrogens is 290 g/mol. The van der Waals surface area contributed by atoms with Gasteiger partial charge in [0.25, 0.3) is 0 Å². The molecule has 0 aliphatic heterocycles. The summed E-state index contributed by atoms with van der Waals surface area (Å²) >= 11 is 0. The van der Waals surface area contributed by atoms with E-state index in [-0.39, 0.29) is 16.5 Å². The molecule has 21 heavy (non-hydrogen) atoms. The number of aryl methyl sites for hydroxylation is 1. The van der Waals surface area contributed by atoms with Gasteiger partial charge in [0.2, 0.25) is 10.0 Å². The summed E-state index contributed by atoms with van der Waals surface area (Å²) in [5.41, 5.74) is 1.76. The summed E-state index contributed by atoms with van der Waals surface area (Å²) in [6.45, 7) is 2.26. The quantitative estimate of drug-likeness (QED) is 0.903. The fraction of sp³-hybridized carbons (Fsp3) is 0.533. The Balaban J connectivity index is 2.14. The van der Waals surface area contributed by atoms with Crippen molar-refractivity contribution in [3.63, 3.8) is 0 Å². The summed E-state index contributed by atoms with van der Waals surface area (Å²) in [5, 5.41) is 9.22. The van der Waals surface area contributed by atoms with Crippen molar-refractivity contribution in [3.05, 3.63) is 28.8 Å². The third kappa shape index (κ3) is 2.46. The molecule has 1 aromatic rings. The Bertz CT molecular complexity index is 692. The van der Waals surface area contributed by atoms with Crippen LogP contribution in [0.1, 0.15) is 47.7 Å². The number of carboxylic acids is 1. The fourth-order valence-corrected chi connectivity index (χ4v) is 5.15. The number of rotatable bonds is 5. The minimum atomic E-state index is -3.60. The summed E-state index contributed by atoms with van der Waals surface area (Å²) < 4.78 is 27.3. The van der Waals surface area contributed by atoms with Crippen molar-refractivity contribution < 1.29 is 18.3 Å². The molecule has 0 amide bonds. The van der Waals surface area contributed by atoms with Crippen molar-refractivity contribution in [1.82, 2.24) is 4.31 Å². The molecule has 1 aromatic carbocycles. The van der Waals surface area contributed by atoms with Crippen LogP contribution in [0.5, 0.6) is 0 Å². The Labute approximate surface area is 124 Å². The van der Waals surface area contributed by atoms with Crippen molar-refractivity contribution in [2.75, 3.05) is 6.54 Å². The van der Waals surface area contributed by atoms with Crippen LogP contribution < -0.4 is 0 Å². The second kappa shape index (κ2) is 5.10. The van der Waals surface area contributed by atoms with Gasteiger partial charge in [-0.3, -0.25) is 0 Å². The lowest BCUT2D eigenvalue weighted by molar-refractivity contribution is 0.0696. The van der Waals surface area contributed by atoms with Gasteiger partial charge in [0.05, 0.1) is 10.5 Å². The van der Waals surface area contributed by atoms with Crippen LogP contribution >= 0.6 is 0 Å². The van der Waals surface area contributed by atoms with Gasteiger partial charge in [0.15, 0.2) is 0 Å². The van der Waals surface area contributed by atoms with Crippen LogP contribution in [-0.4, -0.2) is 36.4 Å². The number of nitrogens with zero attached hydrogens (tertiary/aromatic N) is 1. The second-order valence-corrected chi connectivity index (χ2v) is 7.57. The molecule has 0 unspecified atom stereocenters. The molecule has 1 fully saturated rings. The highest BCUT2D eigenvalue weighted by molar-refractivity contribution is 7.89. The Morgan fingerprint density at radius 2 is 2.05 bits per heavy atom. The molecule has 5 nitrogen and oxygen atoms in total. The fourth-order valence-electron chi connectivity index (χ4n) is 3.13. The topological polar surface area (TPSA) is 74.7 Å². The van der Waals surface area contributed by atoms with E-state index in [1.54, 1.807) is 6.07 Å². The van der Waals surface area contributed by atoms with Crippen LogP contribution in [0.2, 0.25) is 0 Å². The van der Waals surface area contributed by atoms with Gasteiger partial charge in [-0.2, -0.15) is 4.31 Å². The van der Waals surface area contributed by atoms with E-state index >= 15 is 0 Å². The Hall–Kier alpha value is -1.40. The molecule has 0 saturated heterocycles. The van der Waals surface area contributed by atoms with Crippen molar-refractivity contribution in [1.29, 1.82) is 0 Å². The highest BCUT2D eigenvalue weighted by Crippen LogP contribution is 2.36. The highest BCUT2D eigenvalue weighted by atomic mass is 32.2. The van der Waals surface area contributed by atoms with Gasteiger partial charge >= 0.3 is 5.97 Å². The number of fused-ring (bicyclic) bond motifs is 1. The molecule has 1 N–H and O–H groups in total. The molecule has 1 saturated carbocycles. The maximum atomic E-state index is 12.9. The summed E-state index contributed by atoms with van der Waals surface area (Å²) in [7, 11) is -3.60. The van der Waals surface area contributed by atoms with Gasteiger partial charge in [0.1, 0.15) is 0 Å². The molecule has 2 aliphatic carbocycles. The zero-order valence-corrected chi connectivity index (χ0v) is 12.8.